The molecule has 4 nitrogen and oxygen atoms in total. The van der Waals surface area contributed by atoms with E-state index in [2.05, 4.69) is 14.6 Å². The number of imidazole rings is 1. The molecular weight excluding hydrogens is 335 g/mol. The van der Waals surface area contributed by atoms with E-state index in [0.717, 1.165) is 16.5 Å². The van der Waals surface area contributed by atoms with Gasteiger partial charge in [0.2, 0.25) is 0 Å². The van der Waals surface area contributed by atoms with Gasteiger partial charge in [-0.1, -0.05) is 39.5 Å². The Morgan fingerprint density at radius 1 is 1.20 bits per heavy atom. The van der Waals surface area contributed by atoms with Crippen LogP contribution in [-0.4, -0.2) is 19.1 Å². The van der Waals surface area contributed by atoms with Gasteiger partial charge in [0.1, 0.15) is 10.0 Å². The molecule has 2 aromatic heterocycles. The van der Waals surface area contributed by atoms with Crippen molar-refractivity contribution in [3.8, 4) is 5.69 Å². The Morgan fingerprint density at radius 3 is 2.70 bits per heavy atom. The summed E-state index contributed by atoms with van der Waals surface area (Å²) in [5.74, 6) is 0.639. The van der Waals surface area contributed by atoms with Gasteiger partial charge in [-0.2, -0.15) is 0 Å². The Labute approximate surface area is 133 Å². The number of thioether (sulfide) groups is 1. The smallest absolute Gasteiger partial charge is 0.172 e. The summed E-state index contributed by atoms with van der Waals surface area (Å²) in [5.41, 5.74) is 1.80. The average Bonchev–Trinajstić information content (AvgIpc) is 3.06. The van der Waals surface area contributed by atoms with E-state index in [0.29, 0.717) is 15.1 Å². The van der Waals surface area contributed by atoms with Crippen molar-refractivity contribution in [2.24, 2.45) is 0 Å². The third kappa shape index (κ3) is 2.98. The summed E-state index contributed by atoms with van der Waals surface area (Å²) in [5, 5.41) is 5.57. The highest BCUT2D eigenvalue weighted by Crippen LogP contribution is 2.27. The first-order valence-corrected chi connectivity index (χ1v) is 8.14. The number of aromatic nitrogens is 4. The molecule has 2 heterocycles. The van der Waals surface area contributed by atoms with E-state index in [1.165, 1.54) is 11.5 Å². The largest absolute Gasteiger partial charge is 0.295 e. The Bertz CT molecular complexity index is 708. The topological polar surface area (TPSA) is 43.6 Å². The summed E-state index contributed by atoms with van der Waals surface area (Å²) in [6.07, 6.45) is 3.67. The van der Waals surface area contributed by atoms with Gasteiger partial charge in [-0.3, -0.25) is 4.57 Å². The van der Waals surface area contributed by atoms with Gasteiger partial charge < -0.3 is 0 Å². The highest BCUT2D eigenvalue weighted by atomic mass is 35.5. The molecule has 102 valence electrons. The maximum atomic E-state index is 5.99. The van der Waals surface area contributed by atoms with Crippen LogP contribution >= 0.6 is 46.5 Å². The third-order valence-electron chi connectivity index (χ3n) is 2.56. The number of benzene rings is 1. The Hall–Kier alpha value is -1.08. The van der Waals surface area contributed by atoms with Crippen LogP contribution in [0.25, 0.3) is 5.69 Å². The van der Waals surface area contributed by atoms with E-state index in [1.807, 2.05) is 35.0 Å². The van der Waals surface area contributed by atoms with Gasteiger partial charge in [0.05, 0.1) is 0 Å². The number of nitrogens with zero attached hydrogens (tertiary/aromatic N) is 4. The van der Waals surface area contributed by atoms with Crippen LogP contribution in [0, 0.1) is 0 Å². The predicted molar refractivity (Wildman–Crippen MR) is 83.1 cm³/mol. The molecule has 0 spiro atoms. The van der Waals surface area contributed by atoms with Crippen LogP contribution in [0.5, 0.6) is 0 Å². The van der Waals surface area contributed by atoms with E-state index < -0.39 is 0 Å². The van der Waals surface area contributed by atoms with Gasteiger partial charge >= 0.3 is 0 Å². The van der Waals surface area contributed by atoms with Crippen LogP contribution < -0.4 is 0 Å². The molecule has 3 rings (SSSR count). The van der Waals surface area contributed by atoms with Crippen molar-refractivity contribution >= 4 is 46.5 Å². The third-order valence-corrected chi connectivity index (χ3v) is 4.77. The number of halogens is 2. The summed E-state index contributed by atoms with van der Waals surface area (Å²) >= 11 is 14.6. The summed E-state index contributed by atoms with van der Waals surface area (Å²) in [6.45, 7) is 0. The predicted octanol–water partition coefficient (Wildman–Crippen LogP) is 4.32. The van der Waals surface area contributed by atoms with Crippen molar-refractivity contribution in [2.45, 2.75) is 10.9 Å². The number of hydrogen-bond acceptors (Lipinski definition) is 5. The molecule has 0 aliphatic rings. The van der Waals surface area contributed by atoms with Gasteiger partial charge in [0.15, 0.2) is 5.16 Å². The zero-order valence-corrected chi connectivity index (χ0v) is 13.2. The van der Waals surface area contributed by atoms with Gasteiger partial charge in [-0.25, -0.2) is 4.98 Å². The normalized spacial score (nSPS) is 10.9. The lowest BCUT2D eigenvalue weighted by Gasteiger charge is -2.06. The van der Waals surface area contributed by atoms with Gasteiger partial charge in [-0.05, 0) is 24.3 Å². The molecule has 0 unspecified atom stereocenters. The SMILES string of the molecule is Clc1ccc(-n2ccnc2SCc2nnsc2Cl)cc1. The van der Waals surface area contributed by atoms with E-state index in [4.69, 9.17) is 23.2 Å². The van der Waals surface area contributed by atoms with E-state index in [-0.39, 0.29) is 0 Å². The summed E-state index contributed by atoms with van der Waals surface area (Å²) in [6, 6.07) is 7.61. The molecule has 0 N–H and O–H groups in total. The molecule has 0 aliphatic carbocycles. The van der Waals surface area contributed by atoms with Crippen LogP contribution in [0.4, 0.5) is 0 Å². The number of hydrogen-bond donors (Lipinski definition) is 0. The molecular formula is C12H8Cl2N4S2. The lowest BCUT2D eigenvalue weighted by Crippen LogP contribution is -1.95. The summed E-state index contributed by atoms with van der Waals surface area (Å²) in [7, 11) is 0. The minimum absolute atomic E-state index is 0.627. The van der Waals surface area contributed by atoms with Crippen LogP contribution in [0.1, 0.15) is 5.69 Å². The highest BCUT2D eigenvalue weighted by Gasteiger charge is 2.10. The van der Waals surface area contributed by atoms with E-state index >= 15 is 0 Å². The van der Waals surface area contributed by atoms with Crippen molar-refractivity contribution in [3.05, 3.63) is 51.7 Å². The first-order chi connectivity index (χ1) is 9.74. The quantitative estimate of drug-likeness (QED) is 0.662. The van der Waals surface area contributed by atoms with Gasteiger partial charge in [-0.15, -0.1) is 5.10 Å². The van der Waals surface area contributed by atoms with E-state index in [9.17, 15) is 0 Å². The summed E-state index contributed by atoms with van der Waals surface area (Å²) in [4.78, 5) is 4.35. The minimum Gasteiger partial charge on any atom is -0.295 e. The fourth-order valence-electron chi connectivity index (χ4n) is 1.61. The molecule has 0 saturated carbocycles. The van der Waals surface area contributed by atoms with Crippen molar-refractivity contribution in [3.63, 3.8) is 0 Å². The minimum atomic E-state index is 0.627. The lowest BCUT2D eigenvalue weighted by atomic mass is 10.3. The molecule has 0 atom stereocenters. The monoisotopic (exact) mass is 342 g/mol. The molecule has 8 heteroatoms. The van der Waals surface area contributed by atoms with Crippen molar-refractivity contribution in [1.82, 2.24) is 19.1 Å². The zero-order chi connectivity index (χ0) is 13.9. The standard InChI is InChI=1S/C12H8Cl2N4S2/c13-8-1-3-9(4-2-8)18-6-5-15-12(18)19-7-10-11(14)20-17-16-10/h1-6H,7H2. The maximum absolute atomic E-state index is 5.99. The Kier molecular flexibility index (Phi) is 4.26. The molecule has 0 bridgehead atoms. The van der Waals surface area contributed by atoms with E-state index in [1.54, 1.807) is 18.0 Å². The first kappa shape index (κ1) is 13.9. The molecule has 0 fully saturated rings. The highest BCUT2D eigenvalue weighted by molar-refractivity contribution is 7.98. The average molecular weight is 343 g/mol. The van der Waals surface area contributed by atoms with Gasteiger partial charge in [0.25, 0.3) is 0 Å². The van der Waals surface area contributed by atoms with Crippen molar-refractivity contribution in [1.29, 1.82) is 0 Å². The molecule has 0 aliphatic heterocycles. The second-order valence-corrected chi connectivity index (χ2v) is 6.57. The van der Waals surface area contributed by atoms with Crippen LogP contribution in [0.2, 0.25) is 9.36 Å². The lowest BCUT2D eigenvalue weighted by molar-refractivity contribution is 0.894. The Balaban J connectivity index is 1.80. The maximum Gasteiger partial charge on any atom is 0.172 e. The number of rotatable bonds is 4. The first-order valence-electron chi connectivity index (χ1n) is 5.63. The fourth-order valence-corrected chi connectivity index (χ4v) is 3.44. The molecule has 0 amide bonds. The molecule has 20 heavy (non-hydrogen) atoms. The molecule has 3 aromatic rings. The molecule has 0 radical (unpaired) electrons. The van der Waals surface area contributed by atoms with Crippen LogP contribution in [0.15, 0.2) is 41.8 Å². The van der Waals surface area contributed by atoms with Crippen LogP contribution in [-0.2, 0) is 5.75 Å². The molecule has 1 aromatic carbocycles. The Morgan fingerprint density at radius 2 is 2.00 bits per heavy atom. The second kappa shape index (κ2) is 6.13. The van der Waals surface area contributed by atoms with Crippen molar-refractivity contribution < 1.29 is 0 Å². The second-order valence-electron chi connectivity index (χ2n) is 3.84. The fraction of sp³-hybridized carbons (Fsp3) is 0.0833. The van der Waals surface area contributed by atoms with Crippen LogP contribution in [0.3, 0.4) is 0 Å². The zero-order valence-electron chi connectivity index (χ0n) is 10.0. The van der Waals surface area contributed by atoms with Crippen molar-refractivity contribution in [2.75, 3.05) is 0 Å². The molecule has 0 saturated heterocycles. The van der Waals surface area contributed by atoms with Gasteiger partial charge in [0, 0.05) is 40.4 Å². The summed E-state index contributed by atoms with van der Waals surface area (Å²) < 4.78 is 6.44.